The number of hydrogen-bond donors (Lipinski definition) is 0. The Morgan fingerprint density at radius 3 is 1.59 bits per heavy atom. The van der Waals surface area contributed by atoms with Crippen LogP contribution < -0.4 is 24.8 Å². The number of aryl methyl sites for hydroxylation is 2. The topological polar surface area (TPSA) is 0 Å². The summed E-state index contributed by atoms with van der Waals surface area (Å²) >= 11 is 0. The van der Waals surface area contributed by atoms with Gasteiger partial charge in [0.1, 0.15) is 0 Å². The molecule has 0 aliphatic carbocycles. The predicted octanol–water partition coefficient (Wildman–Crippen LogP) is -1.95. The van der Waals surface area contributed by atoms with E-state index in [4.69, 9.17) is 0 Å². The summed E-state index contributed by atoms with van der Waals surface area (Å²) in [5.41, 5.74) is 5.75. The van der Waals surface area contributed by atoms with Crippen molar-refractivity contribution in [3.8, 4) is 0 Å². The van der Waals surface area contributed by atoms with Gasteiger partial charge in [0.25, 0.3) is 0 Å². The molecule has 17 heavy (non-hydrogen) atoms. The molecule has 0 aliphatic heterocycles. The standard InChI is InChI=1S/C9H13.C5H5.2ClH.Hf/c1-6-5-7(2)9(4)8(6)3;1-2-4-5-3-1;;;/h5H,1-4H3;1-5H;2*1H;/q2*-1;;;+4/p-2. The van der Waals surface area contributed by atoms with E-state index in [-0.39, 0.29) is 50.7 Å². The molecule has 0 saturated heterocycles. The van der Waals surface area contributed by atoms with Crippen LogP contribution in [0.3, 0.4) is 0 Å². The Hall–Kier alpha value is 0.150. The van der Waals surface area contributed by atoms with Crippen LogP contribution in [-0.4, -0.2) is 0 Å². The minimum absolute atomic E-state index is 0. The molecule has 0 nitrogen and oxygen atoms in total. The van der Waals surface area contributed by atoms with Crippen molar-refractivity contribution < 1.29 is 50.7 Å². The summed E-state index contributed by atoms with van der Waals surface area (Å²) in [4.78, 5) is 0. The normalized spacial score (nSPS) is 7.76. The molecule has 0 N–H and O–H groups in total. The molecule has 92 valence electrons. The Labute approximate surface area is 136 Å². The number of hydrogen-bond acceptors (Lipinski definition) is 0. The molecular weight excluding hydrogens is 418 g/mol. The molecule has 0 aromatic heterocycles. The van der Waals surface area contributed by atoms with Crippen LogP contribution in [0.4, 0.5) is 0 Å². The molecule has 0 unspecified atom stereocenters. The van der Waals surface area contributed by atoms with Gasteiger partial charge in [0.05, 0.1) is 0 Å². The van der Waals surface area contributed by atoms with Crippen LogP contribution >= 0.6 is 0 Å². The summed E-state index contributed by atoms with van der Waals surface area (Å²) in [5.74, 6) is 0. The summed E-state index contributed by atoms with van der Waals surface area (Å²) in [7, 11) is 0. The summed E-state index contributed by atoms with van der Waals surface area (Å²) < 4.78 is 0. The van der Waals surface area contributed by atoms with Gasteiger partial charge in [0.15, 0.2) is 0 Å². The van der Waals surface area contributed by atoms with E-state index in [0.717, 1.165) is 0 Å². The molecule has 0 radical (unpaired) electrons. The molecule has 0 spiro atoms. The van der Waals surface area contributed by atoms with Crippen LogP contribution in [0.25, 0.3) is 0 Å². The second-order valence-corrected chi connectivity index (χ2v) is 3.72. The minimum atomic E-state index is 0. The van der Waals surface area contributed by atoms with Crippen molar-refractivity contribution in [2.24, 2.45) is 0 Å². The van der Waals surface area contributed by atoms with E-state index < -0.39 is 0 Å². The van der Waals surface area contributed by atoms with Gasteiger partial charge < -0.3 is 24.8 Å². The second-order valence-electron chi connectivity index (χ2n) is 3.72. The van der Waals surface area contributed by atoms with E-state index in [0.29, 0.717) is 0 Å². The molecule has 0 bridgehead atoms. The van der Waals surface area contributed by atoms with Crippen molar-refractivity contribution >= 4 is 0 Å². The largest absolute Gasteiger partial charge is 4.00 e. The monoisotopic (exact) mass is 436 g/mol. The molecule has 2 rings (SSSR count). The second kappa shape index (κ2) is 11.3. The Balaban J connectivity index is -0.000000216. The molecule has 3 heteroatoms. The first-order valence-corrected chi connectivity index (χ1v) is 4.99. The third kappa shape index (κ3) is 7.23. The van der Waals surface area contributed by atoms with E-state index in [2.05, 4.69) is 33.8 Å². The molecule has 0 amide bonds. The minimum Gasteiger partial charge on any atom is -1.00 e. The maximum atomic E-state index is 2.24. The van der Waals surface area contributed by atoms with Crippen LogP contribution in [0.5, 0.6) is 0 Å². The Morgan fingerprint density at radius 1 is 1.00 bits per heavy atom. The summed E-state index contributed by atoms with van der Waals surface area (Å²) in [6.45, 7) is 8.68. The van der Waals surface area contributed by atoms with Crippen molar-refractivity contribution in [3.63, 3.8) is 0 Å². The van der Waals surface area contributed by atoms with Crippen LogP contribution in [0, 0.1) is 27.7 Å². The van der Waals surface area contributed by atoms with Crippen molar-refractivity contribution in [2.75, 3.05) is 0 Å². The molecule has 0 fully saturated rings. The zero-order chi connectivity index (χ0) is 10.6. The van der Waals surface area contributed by atoms with Crippen molar-refractivity contribution in [1.29, 1.82) is 0 Å². The Kier molecular flexibility index (Phi) is 14.8. The van der Waals surface area contributed by atoms with Gasteiger partial charge in [-0.25, -0.2) is 12.1 Å². The molecule has 2 aromatic rings. The maximum Gasteiger partial charge on any atom is 4.00 e. The fourth-order valence-corrected chi connectivity index (χ4v) is 1.45. The zero-order valence-corrected chi connectivity index (χ0v) is 15.8. The molecule has 0 heterocycles. The fraction of sp³-hybridized carbons (Fsp3) is 0.286. The maximum absolute atomic E-state index is 2.24. The SMILES string of the molecule is Cc1c[c-](C)c(C)c1C.[Cl-].[Cl-].[Hf+4].c1cc[cH-]c1. The van der Waals surface area contributed by atoms with E-state index in [1.54, 1.807) is 0 Å². The first kappa shape index (κ1) is 22.3. The molecule has 0 aliphatic rings. The fourth-order valence-electron chi connectivity index (χ4n) is 1.45. The zero-order valence-electron chi connectivity index (χ0n) is 10.7. The molecular formula is C14H18Cl2Hf. The van der Waals surface area contributed by atoms with Gasteiger partial charge >= 0.3 is 25.8 Å². The smallest absolute Gasteiger partial charge is 1.00 e. The van der Waals surface area contributed by atoms with E-state index in [1.807, 2.05) is 30.3 Å². The van der Waals surface area contributed by atoms with Crippen molar-refractivity contribution in [3.05, 3.63) is 58.7 Å². The quantitative estimate of drug-likeness (QED) is 0.333. The number of rotatable bonds is 0. The van der Waals surface area contributed by atoms with Gasteiger partial charge in [-0.2, -0.15) is 46.5 Å². The average Bonchev–Trinajstić information content (AvgIpc) is 2.78. The molecule has 0 atom stereocenters. The van der Waals surface area contributed by atoms with Gasteiger partial charge in [-0.15, -0.1) is 0 Å². The van der Waals surface area contributed by atoms with E-state index in [1.165, 1.54) is 22.3 Å². The van der Waals surface area contributed by atoms with Gasteiger partial charge in [0.2, 0.25) is 0 Å². The number of halogens is 2. The summed E-state index contributed by atoms with van der Waals surface area (Å²) in [5, 5.41) is 0. The first-order chi connectivity index (χ1) is 6.63. The van der Waals surface area contributed by atoms with Gasteiger partial charge in [-0.3, -0.25) is 0 Å². The van der Waals surface area contributed by atoms with Crippen LogP contribution in [0.1, 0.15) is 22.3 Å². The third-order valence-corrected chi connectivity index (χ3v) is 2.73. The summed E-state index contributed by atoms with van der Waals surface area (Å²) in [6.07, 6.45) is 0. The molecule has 0 saturated carbocycles. The average molecular weight is 436 g/mol. The van der Waals surface area contributed by atoms with Crippen LogP contribution in [0.2, 0.25) is 0 Å². The predicted molar refractivity (Wildman–Crippen MR) is 63.0 cm³/mol. The van der Waals surface area contributed by atoms with Crippen molar-refractivity contribution in [1.82, 2.24) is 0 Å². The third-order valence-electron chi connectivity index (χ3n) is 2.73. The molecule has 2 aromatic carbocycles. The van der Waals surface area contributed by atoms with Crippen LogP contribution in [0.15, 0.2) is 36.4 Å². The first-order valence-electron chi connectivity index (χ1n) is 4.99. The van der Waals surface area contributed by atoms with Gasteiger partial charge in [-0.1, -0.05) is 27.7 Å². The van der Waals surface area contributed by atoms with E-state index in [9.17, 15) is 0 Å². The van der Waals surface area contributed by atoms with Gasteiger partial charge in [-0.05, 0) is 0 Å². The summed E-state index contributed by atoms with van der Waals surface area (Å²) in [6, 6.07) is 12.2. The van der Waals surface area contributed by atoms with Crippen molar-refractivity contribution in [2.45, 2.75) is 27.7 Å². The Morgan fingerprint density at radius 2 is 1.47 bits per heavy atom. The van der Waals surface area contributed by atoms with E-state index >= 15 is 0 Å². The van der Waals surface area contributed by atoms with Crippen LogP contribution in [-0.2, 0) is 25.8 Å². The van der Waals surface area contributed by atoms with Gasteiger partial charge in [0, 0.05) is 0 Å². The Bertz CT molecular complexity index is 335.